The van der Waals surface area contributed by atoms with E-state index in [4.69, 9.17) is 9.47 Å². The molecule has 0 aromatic heterocycles. The van der Waals surface area contributed by atoms with Crippen LogP contribution in [0.4, 0.5) is 0 Å². The minimum absolute atomic E-state index is 0.374. The maximum Gasteiger partial charge on any atom is 0.123 e. The van der Waals surface area contributed by atoms with Gasteiger partial charge in [-0.3, -0.25) is 0 Å². The molecule has 1 aromatic rings. The largest absolute Gasteiger partial charge is 0.496 e. The molecule has 0 aliphatic heterocycles. The van der Waals surface area contributed by atoms with Crippen molar-refractivity contribution in [2.75, 3.05) is 27.4 Å². The predicted molar refractivity (Wildman–Crippen MR) is 79.8 cm³/mol. The Morgan fingerprint density at radius 3 is 2.58 bits per heavy atom. The Morgan fingerprint density at radius 2 is 1.89 bits per heavy atom. The van der Waals surface area contributed by atoms with E-state index in [1.165, 1.54) is 18.4 Å². The van der Waals surface area contributed by atoms with Gasteiger partial charge in [-0.05, 0) is 38.3 Å². The highest BCUT2D eigenvalue weighted by atomic mass is 16.5. The van der Waals surface area contributed by atoms with E-state index < -0.39 is 0 Å². The number of ether oxygens (including phenoxy) is 2. The van der Waals surface area contributed by atoms with Crippen molar-refractivity contribution in [2.24, 2.45) is 0 Å². The van der Waals surface area contributed by atoms with Crippen molar-refractivity contribution in [3.05, 3.63) is 29.8 Å². The maximum atomic E-state index is 5.43. The second-order valence-corrected chi connectivity index (χ2v) is 4.71. The summed E-state index contributed by atoms with van der Waals surface area (Å²) in [6, 6.07) is 8.63. The Labute approximate surface area is 117 Å². The number of para-hydroxylation sites is 1. The number of hydrogen-bond acceptors (Lipinski definition) is 3. The van der Waals surface area contributed by atoms with Crippen LogP contribution in [0.5, 0.6) is 5.75 Å². The molecule has 19 heavy (non-hydrogen) atoms. The summed E-state index contributed by atoms with van der Waals surface area (Å²) >= 11 is 0. The van der Waals surface area contributed by atoms with Gasteiger partial charge in [0.15, 0.2) is 0 Å². The van der Waals surface area contributed by atoms with Gasteiger partial charge in [0.05, 0.1) is 7.11 Å². The van der Waals surface area contributed by atoms with Crippen LogP contribution in [0, 0.1) is 0 Å². The number of methoxy groups -OCH3 is 2. The molecule has 0 amide bonds. The second kappa shape index (κ2) is 9.82. The second-order valence-electron chi connectivity index (χ2n) is 4.71. The highest BCUT2D eigenvalue weighted by Crippen LogP contribution is 2.26. The topological polar surface area (TPSA) is 30.5 Å². The fraction of sp³-hybridized carbons (Fsp3) is 0.625. The van der Waals surface area contributed by atoms with Crippen LogP contribution in [-0.4, -0.2) is 27.4 Å². The van der Waals surface area contributed by atoms with Gasteiger partial charge in [0.2, 0.25) is 0 Å². The molecule has 3 heteroatoms. The lowest BCUT2D eigenvalue weighted by molar-refractivity contribution is 0.192. The van der Waals surface area contributed by atoms with Crippen molar-refractivity contribution < 1.29 is 9.47 Å². The van der Waals surface area contributed by atoms with Crippen molar-refractivity contribution in [3.63, 3.8) is 0 Å². The quantitative estimate of drug-likeness (QED) is 0.656. The Balaban J connectivity index is 2.40. The van der Waals surface area contributed by atoms with Gasteiger partial charge in [0.1, 0.15) is 5.75 Å². The molecular weight excluding hydrogens is 238 g/mol. The van der Waals surface area contributed by atoms with Crippen molar-refractivity contribution >= 4 is 0 Å². The monoisotopic (exact) mass is 265 g/mol. The average Bonchev–Trinajstić information content (AvgIpc) is 2.47. The third-order valence-electron chi connectivity index (χ3n) is 3.34. The summed E-state index contributed by atoms with van der Waals surface area (Å²) in [5, 5.41) is 3.62. The van der Waals surface area contributed by atoms with Gasteiger partial charge in [-0.15, -0.1) is 0 Å². The van der Waals surface area contributed by atoms with Crippen LogP contribution >= 0.6 is 0 Å². The molecule has 1 aromatic carbocycles. The van der Waals surface area contributed by atoms with Crippen LogP contribution < -0.4 is 10.1 Å². The van der Waals surface area contributed by atoms with E-state index in [9.17, 15) is 0 Å². The molecule has 0 aliphatic rings. The minimum atomic E-state index is 0.374. The van der Waals surface area contributed by atoms with Gasteiger partial charge in [-0.25, -0.2) is 0 Å². The molecule has 0 bridgehead atoms. The molecule has 0 fully saturated rings. The summed E-state index contributed by atoms with van der Waals surface area (Å²) in [6.07, 6.45) is 4.61. The van der Waals surface area contributed by atoms with Crippen LogP contribution in [0.1, 0.15) is 44.2 Å². The highest BCUT2D eigenvalue weighted by Gasteiger charge is 2.12. The first-order chi connectivity index (χ1) is 9.33. The van der Waals surface area contributed by atoms with Gasteiger partial charge >= 0.3 is 0 Å². The molecule has 0 saturated heterocycles. The van der Waals surface area contributed by atoms with E-state index in [0.29, 0.717) is 6.04 Å². The third kappa shape index (κ3) is 5.62. The normalized spacial score (nSPS) is 12.4. The van der Waals surface area contributed by atoms with Gasteiger partial charge in [-0.2, -0.15) is 0 Å². The number of hydrogen-bond donors (Lipinski definition) is 1. The summed E-state index contributed by atoms with van der Waals surface area (Å²) in [4.78, 5) is 0. The van der Waals surface area contributed by atoms with Gasteiger partial charge in [0, 0.05) is 25.3 Å². The molecule has 3 nitrogen and oxygen atoms in total. The standard InChI is InChI=1S/C16H27NO2/c1-4-15(17-12-8-5-9-13-18-2)14-10-6-7-11-16(14)19-3/h6-7,10-11,15,17H,4-5,8-9,12-13H2,1-3H3. The number of benzene rings is 1. The average molecular weight is 265 g/mol. The van der Waals surface area contributed by atoms with Gasteiger partial charge in [-0.1, -0.05) is 25.1 Å². The molecule has 0 saturated carbocycles. The Bertz CT molecular complexity index is 341. The molecule has 0 aliphatic carbocycles. The van der Waals surface area contributed by atoms with E-state index in [-0.39, 0.29) is 0 Å². The van der Waals surface area contributed by atoms with Gasteiger partial charge in [0.25, 0.3) is 0 Å². The maximum absolute atomic E-state index is 5.43. The van der Waals surface area contributed by atoms with E-state index >= 15 is 0 Å². The SMILES string of the molecule is CCC(NCCCCCOC)c1ccccc1OC. The number of rotatable bonds is 10. The lowest BCUT2D eigenvalue weighted by Crippen LogP contribution is -2.22. The third-order valence-corrected chi connectivity index (χ3v) is 3.34. The molecule has 1 unspecified atom stereocenters. The van der Waals surface area contributed by atoms with E-state index in [2.05, 4.69) is 24.4 Å². The highest BCUT2D eigenvalue weighted by molar-refractivity contribution is 5.35. The summed E-state index contributed by atoms with van der Waals surface area (Å²) in [5.41, 5.74) is 1.25. The molecule has 108 valence electrons. The van der Waals surface area contributed by atoms with Crippen molar-refractivity contribution in [2.45, 2.75) is 38.6 Å². The number of unbranched alkanes of at least 4 members (excludes halogenated alkanes) is 2. The Hall–Kier alpha value is -1.06. The zero-order valence-electron chi connectivity index (χ0n) is 12.4. The summed E-state index contributed by atoms with van der Waals surface area (Å²) in [6.45, 7) is 4.11. The van der Waals surface area contributed by atoms with Crippen molar-refractivity contribution in [3.8, 4) is 5.75 Å². The first-order valence-electron chi connectivity index (χ1n) is 7.18. The van der Waals surface area contributed by atoms with Crippen LogP contribution in [-0.2, 0) is 4.74 Å². The summed E-state index contributed by atoms with van der Waals surface area (Å²) in [7, 11) is 3.49. The van der Waals surface area contributed by atoms with Gasteiger partial charge < -0.3 is 14.8 Å². The van der Waals surface area contributed by atoms with E-state index in [1.54, 1.807) is 14.2 Å². The minimum Gasteiger partial charge on any atom is -0.496 e. The zero-order chi connectivity index (χ0) is 13.9. The number of nitrogens with one attached hydrogen (secondary N) is 1. The van der Waals surface area contributed by atoms with Crippen LogP contribution in [0.25, 0.3) is 0 Å². The Kier molecular flexibility index (Phi) is 8.26. The zero-order valence-corrected chi connectivity index (χ0v) is 12.4. The van der Waals surface area contributed by atoms with Crippen LogP contribution in [0.2, 0.25) is 0 Å². The molecular formula is C16H27NO2. The lowest BCUT2D eigenvalue weighted by Gasteiger charge is -2.20. The summed E-state index contributed by atoms with van der Waals surface area (Å²) < 4.78 is 10.5. The summed E-state index contributed by atoms with van der Waals surface area (Å²) in [5.74, 6) is 0.973. The van der Waals surface area contributed by atoms with Crippen molar-refractivity contribution in [1.29, 1.82) is 0 Å². The fourth-order valence-corrected chi connectivity index (χ4v) is 2.25. The first-order valence-corrected chi connectivity index (χ1v) is 7.18. The van der Waals surface area contributed by atoms with Crippen molar-refractivity contribution in [1.82, 2.24) is 5.32 Å². The first kappa shape index (κ1) is 16.0. The molecule has 1 N–H and O–H groups in total. The van der Waals surface area contributed by atoms with E-state index in [0.717, 1.165) is 31.7 Å². The predicted octanol–water partition coefficient (Wildman–Crippen LogP) is 3.55. The van der Waals surface area contributed by atoms with E-state index in [1.807, 2.05) is 12.1 Å². The fourth-order valence-electron chi connectivity index (χ4n) is 2.25. The molecule has 0 radical (unpaired) electrons. The van der Waals surface area contributed by atoms with Crippen LogP contribution in [0.3, 0.4) is 0 Å². The molecule has 0 heterocycles. The molecule has 1 atom stereocenters. The molecule has 0 spiro atoms. The molecule has 1 rings (SSSR count). The lowest BCUT2D eigenvalue weighted by atomic mass is 10.0. The smallest absolute Gasteiger partial charge is 0.123 e. The Morgan fingerprint density at radius 1 is 1.11 bits per heavy atom. The van der Waals surface area contributed by atoms with Crippen LogP contribution in [0.15, 0.2) is 24.3 Å².